The van der Waals surface area contributed by atoms with Crippen LogP contribution < -0.4 is 5.32 Å². The minimum atomic E-state index is 0.688. The number of anilines is 2. The first kappa shape index (κ1) is 14.3. The molecule has 2 aromatic carbocycles. The third kappa shape index (κ3) is 3.15. The Morgan fingerprint density at radius 2 is 1.86 bits per heavy atom. The molecular weight excluding hydrogens is 322 g/mol. The molecule has 0 aliphatic heterocycles. The van der Waals surface area contributed by atoms with Crippen LogP contribution in [0.4, 0.5) is 10.8 Å². The first-order chi connectivity index (χ1) is 10.1. The van der Waals surface area contributed by atoms with Gasteiger partial charge in [-0.05, 0) is 55.0 Å². The van der Waals surface area contributed by atoms with Crippen molar-refractivity contribution in [3.8, 4) is 5.69 Å². The van der Waals surface area contributed by atoms with Crippen LogP contribution in [0.25, 0.3) is 5.69 Å². The number of benzene rings is 2. The molecule has 0 saturated carbocycles. The fourth-order valence-corrected chi connectivity index (χ4v) is 3.09. The van der Waals surface area contributed by atoms with Gasteiger partial charge in [-0.1, -0.05) is 41.1 Å². The van der Waals surface area contributed by atoms with Crippen molar-refractivity contribution in [3.05, 3.63) is 63.1 Å². The summed E-state index contributed by atoms with van der Waals surface area (Å²) in [5.41, 5.74) is 3.10. The lowest BCUT2D eigenvalue weighted by Gasteiger charge is -2.05. The van der Waals surface area contributed by atoms with E-state index in [1.54, 1.807) is 4.68 Å². The first-order valence-corrected chi connectivity index (χ1v) is 7.92. The van der Waals surface area contributed by atoms with Gasteiger partial charge in [0.1, 0.15) is 0 Å². The predicted molar refractivity (Wildman–Crippen MR) is 91.7 cm³/mol. The third-order valence-corrected chi connectivity index (χ3v) is 4.41. The lowest BCUT2D eigenvalue weighted by atomic mass is 10.2. The normalized spacial score (nSPS) is 10.6. The van der Waals surface area contributed by atoms with Gasteiger partial charge in [-0.2, -0.15) is 0 Å². The van der Waals surface area contributed by atoms with Crippen LogP contribution in [0, 0.1) is 10.9 Å². The Labute approximate surface area is 136 Å². The summed E-state index contributed by atoms with van der Waals surface area (Å²) in [4.78, 5) is 0. The maximum atomic E-state index is 5.90. The molecule has 0 aliphatic rings. The molecule has 0 unspecified atom stereocenters. The average Bonchev–Trinajstić information content (AvgIpc) is 2.83. The molecule has 0 bridgehead atoms. The van der Waals surface area contributed by atoms with E-state index in [9.17, 15) is 0 Å². The summed E-state index contributed by atoms with van der Waals surface area (Å²) < 4.78 is 2.42. The van der Waals surface area contributed by atoms with E-state index in [2.05, 4.69) is 23.4 Å². The van der Waals surface area contributed by atoms with E-state index in [-0.39, 0.29) is 0 Å². The molecule has 3 rings (SSSR count). The third-order valence-electron chi connectivity index (χ3n) is 3.01. The number of rotatable bonds is 3. The second-order valence-electron chi connectivity index (χ2n) is 4.50. The van der Waals surface area contributed by atoms with Crippen molar-refractivity contribution in [1.82, 2.24) is 9.78 Å². The Morgan fingerprint density at radius 3 is 2.57 bits per heavy atom. The molecule has 21 heavy (non-hydrogen) atoms. The SMILES string of the molecule is Cc1ccccc1Nc1nn(-c2ccc(Cl)cc2)c(=S)s1. The van der Waals surface area contributed by atoms with E-state index in [1.165, 1.54) is 11.3 Å². The van der Waals surface area contributed by atoms with E-state index in [0.717, 1.165) is 22.1 Å². The number of aromatic nitrogens is 2. The molecule has 1 aromatic heterocycles. The molecule has 1 heterocycles. The zero-order valence-corrected chi connectivity index (χ0v) is 13.6. The van der Waals surface area contributed by atoms with Gasteiger partial charge in [-0.3, -0.25) is 0 Å². The quantitative estimate of drug-likeness (QED) is 0.653. The van der Waals surface area contributed by atoms with Crippen LogP contribution in [0.3, 0.4) is 0 Å². The Morgan fingerprint density at radius 1 is 1.14 bits per heavy atom. The van der Waals surface area contributed by atoms with Gasteiger partial charge in [0.05, 0.1) is 5.69 Å². The van der Waals surface area contributed by atoms with Gasteiger partial charge in [-0.15, -0.1) is 5.10 Å². The second-order valence-corrected chi connectivity index (χ2v) is 6.56. The predicted octanol–water partition coefficient (Wildman–Crippen LogP) is 5.37. The highest BCUT2D eigenvalue weighted by molar-refractivity contribution is 7.73. The number of hydrogen-bond donors (Lipinski definition) is 1. The van der Waals surface area contributed by atoms with Crippen molar-refractivity contribution in [3.63, 3.8) is 0 Å². The first-order valence-electron chi connectivity index (χ1n) is 6.32. The smallest absolute Gasteiger partial charge is 0.209 e. The maximum absolute atomic E-state index is 5.90. The Hall–Kier alpha value is -1.69. The summed E-state index contributed by atoms with van der Waals surface area (Å²) >= 11 is 12.7. The number of halogens is 1. The standard InChI is InChI=1S/C15H12ClN3S2/c1-10-4-2-3-5-13(10)17-14-18-19(15(20)21-14)12-8-6-11(16)7-9-12/h2-9H,1H3,(H,17,18). The fourth-order valence-electron chi connectivity index (χ4n) is 1.90. The summed E-state index contributed by atoms with van der Waals surface area (Å²) in [5.74, 6) is 0. The summed E-state index contributed by atoms with van der Waals surface area (Å²) in [5, 5.41) is 9.29. The van der Waals surface area contributed by atoms with Crippen LogP contribution in [0.2, 0.25) is 5.02 Å². The summed E-state index contributed by atoms with van der Waals surface area (Å²) in [6.45, 7) is 2.05. The number of nitrogens with one attached hydrogen (secondary N) is 1. The molecule has 0 spiro atoms. The van der Waals surface area contributed by atoms with E-state index in [4.69, 9.17) is 23.8 Å². The van der Waals surface area contributed by atoms with Crippen molar-refractivity contribution in [1.29, 1.82) is 0 Å². The van der Waals surface area contributed by atoms with Gasteiger partial charge >= 0.3 is 0 Å². The van der Waals surface area contributed by atoms with Crippen LogP contribution in [0.1, 0.15) is 5.56 Å². The fraction of sp³-hybridized carbons (Fsp3) is 0.0667. The zero-order chi connectivity index (χ0) is 14.8. The number of para-hydroxylation sites is 1. The maximum Gasteiger partial charge on any atom is 0.209 e. The van der Waals surface area contributed by atoms with Gasteiger partial charge in [0.25, 0.3) is 0 Å². The van der Waals surface area contributed by atoms with Crippen LogP contribution in [0.15, 0.2) is 48.5 Å². The van der Waals surface area contributed by atoms with Crippen molar-refractivity contribution >= 4 is 46.0 Å². The van der Waals surface area contributed by atoms with Gasteiger partial charge in [0.2, 0.25) is 5.13 Å². The molecule has 0 fully saturated rings. The highest BCUT2D eigenvalue weighted by Gasteiger charge is 2.07. The lowest BCUT2D eigenvalue weighted by Crippen LogP contribution is -1.98. The van der Waals surface area contributed by atoms with E-state index in [1.807, 2.05) is 42.5 Å². The second kappa shape index (κ2) is 5.97. The van der Waals surface area contributed by atoms with Crippen LogP contribution >= 0.6 is 35.2 Å². The number of hydrogen-bond acceptors (Lipinski definition) is 4. The van der Waals surface area contributed by atoms with Gasteiger partial charge in [0.15, 0.2) is 3.95 Å². The molecule has 1 N–H and O–H groups in total. The van der Waals surface area contributed by atoms with Crippen molar-refractivity contribution in [2.75, 3.05) is 5.32 Å². The highest BCUT2D eigenvalue weighted by Crippen LogP contribution is 2.24. The number of nitrogens with zero attached hydrogens (tertiary/aromatic N) is 2. The molecule has 3 nitrogen and oxygen atoms in total. The van der Waals surface area contributed by atoms with Gasteiger partial charge < -0.3 is 5.32 Å². The molecule has 0 atom stereocenters. The molecule has 0 saturated heterocycles. The molecule has 6 heteroatoms. The minimum absolute atomic E-state index is 0.688. The number of aryl methyl sites for hydroxylation is 1. The lowest BCUT2D eigenvalue weighted by molar-refractivity contribution is 0.874. The van der Waals surface area contributed by atoms with Crippen LogP contribution in [-0.4, -0.2) is 9.78 Å². The monoisotopic (exact) mass is 333 g/mol. The minimum Gasteiger partial charge on any atom is -0.330 e. The van der Waals surface area contributed by atoms with Crippen molar-refractivity contribution in [2.24, 2.45) is 0 Å². The Balaban J connectivity index is 1.93. The molecule has 106 valence electrons. The van der Waals surface area contributed by atoms with Gasteiger partial charge in [-0.25, -0.2) is 4.68 Å². The Kier molecular flexibility index (Phi) is 4.05. The van der Waals surface area contributed by atoms with E-state index < -0.39 is 0 Å². The molecule has 0 radical (unpaired) electrons. The zero-order valence-electron chi connectivity index (χ0n) is 11.2. The van der Waals surface area contributed by atoms with E-state index in [0.29, 0.717) is 8.98 Å². The van der Waals surface area contributed by atoms with Gasteiger partial charge in [0, 0.05) is 10.7 Å². The molecular formula is C15H12ClN3S2. The van der Waals surface area contributed by atoms with Crippen LogP contribution in [-0.2, 0) is 0 Å². The summed E-state index contributed by atoms with van der Waals surface area (Å²) in [6.07, 6.45) is 0. The van der Waals surface area contributed by atoms with Crippen molar-refractivity contribution < 1.29 is 0 Å². The molecule has 3 aromatic rings. The van der Waals surface area contributed by atoms with Crippen LogP contribution in [0.5, 0.6) is 0 Å². The van der Waals surface area contributed by atoms with E-state index >= 15 is 0 Å². The van der Waals surface area contributed by atoms with Crippen molar-refractivity contribution in [2.45, 2.75) is 6.92 Å². The topological polar surface area (TPSA) is 29.9 Å². The molecule has 0 aliphatic carbocycles. The molecule has 0 amide bonds. The highest BCUT2D eigenvalue weighted by atomic mass is 35.5. The summed E-state index contributed by atoms with van der Waals surface area (Å²) in [6, 6.07) is 15.5. The average molecular weight is 334 g/mol. The largest absolute Gasteiger partial charge is 0.330 e. The summed E-state index contributed by atoms with van der Waals surface area (Å²) in [7, 11) is 0. The Bertz CT molecular complexity index is 821.